The van der Waals surface area contributed by atoms with Gasteiger partial charge in [0.15, 0.2) is 9.84 Å². The number of rotatable bonds is 2. The van der Waals surface area contributed by atoms with Crippen molar-refractivity contribution in [3.63, 3.8) is 0 Å². The fourth-order valence-electron chi connectivity index (χ4n) is 3.50. The SMILES string of the molecule is CC(C)C1CNC(C)(C)CN1C1(C)CCS(=O)(=O)C1. The highest BCUT2D eigenvalue weighted by molar-refractivity contribution is 7.91. The second-order valence-electron chi connectivity index (χ2n) is 7.54. The Balaban J connectivity index is 2.27. The van der Waals surface area contributed by atoms with Crippen molar-refractivity contribution in [2.75, 3.05) is 24.6 Å². The zero-order valence-corrected chi connectivity index (χ0v) is 13.7. The van der Waals surface area contributed by atoms with E-state index in [1.54, 1.807) is 0 Å². The first-order valence-electron chi connectivity index (χ1n) is 7.27. The normalized spacial score (nSPS) is 38.7. The van der Waals surface area contributed by atoms with E-state index in [1.165, 1.54) is 0 Å². The van der Waals surface area contributed by atoms with Gasteiger partial charge in [-0.1, -0.05) is 13.8 Å². The summed E-state index contributed by atoms with van der Waals surface area (Å²) >= 11 is 0. The largest absolute Gasteiger partial charge is 0.309 e. The Hall–Kier alpha value is -0.130. The smallest absolute Gasteiger partial charge is 0.152 e. The van der Waals surface area contributed by atoms with E-state index < -0.39 is 9.84 Å². The monoisotopic (exact) mass is 288 g/mol. The van der Waals surface area contributed by atoms with E-state index in [1.807, 2.05) is 0 Å². The molecule has 4 nitrogen and oxygen atoms in total. The first-order valence-corrected chi connectivity index (χ1v) is 9.09. The second-order valence-corrected chi connectivity index (χ2v) is 9.73. The zero-order valence-electron chi connectivity index (χ0n) is 12.9. The maximum Gasteiger partial charge on any atom is 0.152 e. The summed E-state index contributed by atoms with van der Waals surface area (Å²) in [7, 11) is -2.85. The highest BCUT2D eigenvalue weighted by Crippen LogP contribution is 2.35. The summed E-state index contributed by atoms with van der Waals surface area (Å²) in [4.78, 5) is 2.47. The van der Waals surface area contributed by atoms with Gasteiger partial charge in [-0.2, -0.15) is 0 Å². The van der Waals surface area contributed by atoms with Crippen molar-refractivity contribution >= 4 is 9.84 Å². The van der Waals surface area contributed by atoms with E-state index >= 15 is 0 Å². The summed E-state index contributed by atoms with van der Waals surface area (Å²) < 4.78 is 23.8. The predicted octanol–water partition coefficient (Wildman–Crippen LogP) is 1.27. The van der Waals surface area contributed by atoms with Crippen molar-refractivity contribution in [2.45, 2.75) is 58.2 Å². The molecule has 2 heterocycles. The summed E-state index contributed by atoms with van der Waals surface area (Å²) in [6.45, 7) is 12.8. The maximum absolute atomic E-state index is 11.9. The highest BCUT2D eigenvalue weighted by atomic mass is 32.2. The topological polar surface area (TPSA) is 49.4 Å². The standard InChI is InChI=1S/C14H28N2O2S/c1-11(2)12-8-15-13(3,4)9-16(12)14(5)6-7-19(17,18)10-14/h11-12,15H,6-10H2,1-5H3. The Morgan fingerprint density at radius 3 is 2.37 bits per heavy atom. The van der Waals surface area contributed by atoms with E-state index in [-0.39, 0.29) is 11.1 Å². The van der Waals surface area contributed by atoms with Gasteiger partial charge in [0.05, 0.1) is 11.5 Å². The molecule has 2 unspecified atom stereocenters. The van der Waals surface area contributed by atoms with Crippen molar-refractivity contribution in [1.82, 2.24) is 10.2 Å². The number of piperazine rings is 1. The molecule has 0 aliphatic carbocycles. The Labute approximate surface area is 117 Å². The fraction of sp³-hybridized carbons (Fsp3) is 1.00. The summed E-state index contributed by atoms with van der Waals surface area (Å²) in [5.74, 6) is 1.20. The number of sulfone groups is 1. The zero-order chi connectivity index (χ0) is 14.5. The van der Waals surface area contributed by atoms with Gasteiger partial charge < -0.3 is 5.32 Å². The Bertz CT molecular complexity index is 444. The van der Waals surface area contributed by atoms with Crippen LogP contribution in [0, 0.1) is 5.92 Å². The minimum absolute atomic E-state index is 0.0563. The van der Waals surface area contributed by atoms with Gasteiger partial charge in [-0.25, -0.2) is 8.42 Å². The Kier molecular flexibility index (Phi) is 3.78. The summed E-state index contributed by atoms with van der Waals surface area (Å²) in [5, 5.41) is 3.59. The van der Waals surface area contributed by atoms with Crippen LogP contribution in [-0.4, -0.2) is 55.0 Å². The molecule has 0 aromatic carbocycles. The fourth-order valence-corrected chi connectivity index (χ4v) is 5.65. The molecule has 2 atom stereocenters. The number of nitrogens with zero attached hydrogens (tertiary/aromatic N) is 1. The van der Waals surface area contributed by atoms with Gasteiger partial charge in [-0.05, 0) is 33.1 Å². The van der Waals surface area contributed by atoms with Crippen molar-refractivity contribution < 1.29 is 8.42 Å². The molecular formula is C14H28N2O2S. The molecule has 2 saturated heterocycles. The summed E-state index contributed by atoms with van der Waals surface area (Å²) in [6, 6.07) is 0.423. The van der Waals surface area contributed by atoms with Crippen LogP contribution in [0.5, 0.6) is 0 Å². The van der Waals surface area contributed by atoms with Crippen molar-refractivity contribution in [3.8, 4) is 0 Å². The average Bonchev–Trinajstić information content (AvgIpc) is 2.52. The Morgan fingerprint density at radius 1 is 1.26 bits per heavy atom. The second kappa shape index (κ2) is 4.71. The van der Waals surface area contributed by atoms with Crippen LogP contribution in [-0.2, 0) is 9.84 Å². The molecule has 2 aliphatic rings. The van der Waals surface area contributed by atoms with Crippen LogP contribution in [0.15, 0.2) is 0 Å². The van der Waals surface area contributed by atoms with Crippen molar-refractivity contribution in [3.05, 3.63) is 0 Å². The maximum atomic E-state index is 11.9. The molecule has 0 spiro atoms. The molecule has 0 radical (unpaired) electrons. The predicted molar refractivity (Wildman–Crippen MR) is 79.1 cm³/mol. The highest BCUT2D eigenvalue weighted by Gasteiger charge is 2.48. The van der Waals surface area contributed by atoms with Crippen molar-refractivity contribution in [1.29, 1.82) is 0 Å². The van der Waals surface area contributed by atoms with Gasteiger partial charge in [0.1, 0.15) is 0 Å². The van der Waals surface area contributed by atoms with E-state index in [9.17, 15) is 8.42 Å². The number of hydrogen-bond acceptors (Lipinski definition) is 4. The lowest BCUT2D eigenvalue weighted by Gasteiger charge is -2.52. The first kappa shape index (κ1) is 15.3. The van der Waals surface area contributed by atoms with E-state index in [2.05, 4.69) is 44.8 Å². The average molecular weight is 288 g/mol. The molecule has 19 heavy (non-hydrogen) atoms. The molecule has 0 amide bonds. The molecule has 0 aromatic heterocycles. The van der Waals surface area contributed by atoms with Crippen LogP contribution in [0.4, 0.5) is 0 Å². The lowest BCUT2D eigenvalue weighted by Crippen LogP contribution is -2.68. The third-order valence-corrected chi connectivity index (χ3v) is 6.59. The molecule has 112 valence electrons. The lowest BCUT2D eigenvalue weighted by atomic mass is 9.86. The van der Waals surface area contributed by atoms with Crippen LogP contribution in [0.25, 0.3) is 0 Å². The number of nitrogens with one attached hydrogen (secondary N) is 1. The van der Waals surface area contributed by atoms with Crippen molar-refractivity contribution in [2.24, 2.45) is 5.92 Å². The Morgan fingerprint density at radius 2 is 1.89 bits per heavy atom. The molecule has 0 aromatic rings. The van der Waals surface area contributed by atoms with Crippen LogP contribution in [0.3, 0.4) is 0 Å². The quantitative estimate of drug-likeness (QED) is 0.831. The van der Waals surface area contributed by atoms with E-state index in [0.717, 1.165) is 19.5 Å². The molecule has 2 rings (SSSR count). The molecule has 2 fully saturated rings. The lowest BCUT2D eigenvalue weighted by molar-refractivity contribution is -0.00562. The van der Waals surface area contributed by atoms with Crippen LogP contribution < -0.4 is 5.32 Å². The third-order valence-electron chi connectivity index (χ3n) is 4.70. The number of hydrogen-bond donors (Lipinski definition) is 1. The molecule has 1 N–H and O–H groups in total. The molecule has 5 heteroatoms. The van der Waals surface area contributed by atoms with Gasteiger partial charge >= 0.3 is 0 Å². The molecule has 0 saturated carbocycles. The van der Waals surface area contributed by atoms with Gasteiger partial charge in [0, 0.05) is 30.2 Å². The van der Waals surface area contributed by atoms with Crippen LogP contribution >= 0.6 is 0 Å². The van der Waals surface area contributed by atoms with Gasteiger partial charge in [0.2, 0.25) is 0 Å². The van der Waals surface area contributed by atoms with Gasteiger partial charge in [-0.15, -0.1) is 0 Å². The van der Waals surface area contributed by atoms with Gasteiger partial charge in [-0.3, -0.25) is 4.90 Å². The third kappa shape index (κ3) is 3.14. The minimum atomic E-state index is -2.85. The molecule has 2 aliphatic heterocycles. The molecule has 0 bridgehead atoms. The summed E-state index contributed by atoms with van der Waals surface area (Å²) in [6.07, 6.45) is 0.772. The summed E-state index contributed by atoms with van der Waals surface area (Å²) in [5.41, 5.74) is -0.131. The van der Waals surface area contributed by atoms with Crippen LogP contribution in [0.1, 0.15) is 41.0 Å². The first-order chi connectivity index (χ1) is 8.55. The van der Waals surface area contributed by atoms with Gasteiger partial charge in [0.25, 0.3) is 0 Å². The van der Waals surface area contributed by atoms with E-state index in [0.29, 0.717) is 23.5 Å². The molecular weight excluding hydrogens is 260 g/mol. The van der Waals surface area contributed by atoms with E-state index in [4.69, 9.17) is 0 Å². The van der Waals surface area contributed by atoms with Crippen LogP contribution in [0.2, 0.25) is 0 Å². The minimum Gasteiger partial charge on any atom is -0.309 e.